The van der Waals surface area contributed by atoms with Crippen LogP contribution >= 0.6 is 0 Å². The molecule has 4 heteroatoms. The van der Waals surface area contributed by atoms with Crippen molar-refractivity contribution < 1.29 is 4.42 Å². The van der Waals surface area contributed by atoms with Crippen LogP contribution in [0.4, 0.5) is 0 Å². The van der Waals surface area contributed by atoms with Gasteiger partial charge in [-0.25, -0.2) is 9.97 Å². The number of benzene rings is 3. The first-order valence-electron chi connectivity index (χ1n) is 10.2. The maximum absolute atomic E-state index is 9.74. The molecule has 0 atom stereocenters. The molecule has 0 saturated carbocycles. The minimum atomic E-state index is -0.0817. The number of furan rings is 1. The molecular weight excluding hydrogens is 382 g/mol. The fourth-order valence-corrected chi connectivity index (χ4v) is 3.96. The molecule has 31 heavy (non-hydrogen) atoms. The van der Waals surface area contributed by atoms with Gasteiger partial charge in [-0.1, -0.05) is 63.2 Å². The van der Waals surface area contributed by atoms with Crippen molar-refractivity contribution in [3.8, 4) is 28.5 Å². The summed E-state index contributed by atoms with van der Waals surface area (Å²) in [5.41, 5.74) is 6.50. The van der Waals surface area contributed by atoms with Crippen molar-refractivity contribution >= 4 is 21.9 Å². The van der Waals surface area contributed by atoms with Crippen molar-refractivity contribution in [3.63, 3.8) is 0 Å². The molecule has 5 rings (SSSR count). The largest absolute Gasteiger partial charge is 0.455 e. The van der Waals surface area contributed by atoms with Gasteiger partial charge in [0, 0.05) is 33.0 Å². The maximum atomic E-state index is 9.74. The highest BCUT2D eigenvalue weighted by atomic mass is 16.3. The zero-order valence-electron chi connectivity index (χ0n) is 17.7. The van der Waals surface area contributed by atoms with E-state index in [1.807, 2.05) is 60.7 Å². The standard InChI is InChI=1S/C27H21N3O/c1-27(2,3)23-14-22(29-16-30-23)21-11-7-10-19-20-13-12-18(15-28)24(26(20)31-25(19)21)17-8-5-4-6-9-17/h4-14,16H,1-3H3. The lowest BCUT2D eigenvalue weighted by Crippen LogP contribution is -2.13. The third-order valence-electron chi connectivity index (χ3n) is 5.56. The number of aromatic nitrogens is 2. The summed E-state index contributed by atoms with van der Waals surface area (Å²) in [5, 5.41) is 11.7. The number of nitriles is 1. The molecule has 0 aliphatic heterocycles. The van der Waals surface area contributed by atoms with Crippen LogP contribution in [0.3, 0.4) is 0 Å². The van der Waals surface area contributed by atoms with Crippen LogP contribution < -0.4 is 0 Å². The number of hydrogen-bond donors (Lipinski definition) is 0. The summed E-state index contributed by atoms with van der Waals surface area (Å²) in [7, 11) is 0. The Kier molecular flexibility index (Phi) is 4.34. The van der Waals surface area contributed by atoms with Gasteiger partial charge in [-0.2, -0.15) is 5.26 Å². The predicted molar refractivity (Wildman–Crippen MR) is 124 cm³/mol. The number of rotatable bonds is 2. The van der Waals surface area contributed by atoms with Gasteiger partial charge in [0.15, 0.2) is 0 Å². The van der Waals surface area contributed by atoms with Gasteiger partial charge in [0.2, 0.25) is 0 Å². The van der Waals surface area contributed by atoms with Gasteiger partial charge in [-0.3, -0.25) is 0 Å². The molecule has 0 saturated heterocycles. The molecule has 0 aliphatic carbocycles. The zero-order valence-corrected chi connectivity index (χ0v) is 17.7. The molecule has 0 fully saturated rings. The fraction of sp³-hybridized carbons (Fsp3) is 0.148. The van der Waals surface area contributed by atoms with Crippen LogP contribution in [0.15, 0.2) is 77.5 Å². The van der Waals surface area contributed by atoms with Crippen LogP contribution in [0.1, 0.15) is 32.0 Å². The number of para-hydroxylation sites is 1. The zero-order chi connectivity index (χ0) is 21.6. The molecule has 0 radical (unpaired) electrons. The van der Waals surface area contributed by atoms with E-state index >= 15 is 0 Å². The Hall–Kier alpha value is -3.97. The Labute approximate surface area is 180 Å². The minimum absolute atomic E-state index is 0.0817. The van der Waals surface area contributed by atoms with E-state index in [2.05, 4.69) is 42.9 Å². The third kappa shape index (κ3) is 3.15. The summed E-state index contributed by atoms with van der Waals surface area (Å²) >= 11 is 0. The monoisotopic (exact) mass is 403 g/mol. The molecule has 4 nitrogen and oxygen atoms in total. The molecule has 0 aliphatic rings. The second-order valence-electron chi connectivity index (χ2n) is 8.67. The summed E-state index contributed by atoms with van der Waals surface area (Å²) in [5.74, 6) is 0. The van der Waals surface area contributed by atoms with Gasteiger partial charge in [0.05, 0.1) is 17.3 Å². The average molecular weight is 403 g/mol. The molecule has 0 bridgehead atoms. The van der Waals surface area contributed by atoms with E-state index < -0.39 is 0 Å². The first-order valence-corrected chi connectivity index (χ1v) is 10.2. The Morgan fingerprint density at radius 3 is 2.35 bits per heavy atom. The van der Waals surface area contributed by atoms with Crippen molar-refractivity contribution in [1.29, 1.82) is 5.26 Å². The van der Waals surface area contributed by atoms with Crippen molar-refractivity contribution in [2.24, 2.45) is 0 Å². The SMILES string of the molecule is CC(C)(C)c1cc(-c2cccc3c2oc2c(-c4ccccc4)c(C#N)ccc23)ncn1. The Morgan fingerprint density at radius 1 is 0.839 bits per heavy atom. The Morgan fingerprint density at radius 2 is 1.61 bits per heavy atom. The average Bonchev–Trinajstić information content (AvgIpc) is 3.17. The normalized spacial score (nSPS) is 11.7. The molecule has 0 N–H and O–H groups in total. The van der Waals surface area contributed by atoms with E-state index in [0.717, 1.165) is 50.0 Å². The van der Waals surface area contributed by atoms with Gasteiger partial charge >= 0.3 is 0 Å². The van der Waals surface area contributed by atoms with Crippen LogP contribution in [0.2, 0.25) is 0 Å². The van der Waals surface area contributed by atoms with E-state index in [9.17, 15) is 5.26 Å². The molecule has 150 valence electrons. The van der Waals surface area contributed by atoms with E-state index in [0.29, 0.717) is 5.56 Å². The molecule has 0 spiro atoms. The third-order valence-corrected chi connectivity index (χ3v) is 5.56. The molecule has 5 aromatic rings. The first kappa shape index (κ1) is 19.0. The molecule has 2 aromatic heterocycles. The van der Waals surface area contributed by atoms with Gasteiger partial charge in [0.25, 0.3) is 0 Å². The molecule has 0 amide bonds. The minimum Gasteiger partial charge on any atom is -0.455 e. The van der Waals surface area contributed by atoms with Crippen LogP contribution in [0.5, 0.6) is 0 Å². The van der Waals surface area contributed by atoms with Crippen LogP contribution in [-0.4, -0.2) is 9.97 Å². The van der Waals surface area contributed by atoms with Gasteiger partial charge < -0.3 is 4.42 Å². The van der Waals surface area contributed by atoms with Crippen LogP contribution in [0, 0.1) is 11.3 Å². The van der Waals surface area contributed by atoms with Crippen molar-refractivity contribution in [3.05, 3.63) is 84.3 Å². The number of hydrogen-bond acceptors (Lipinski definition) is 4. The summed E-state index contributed by atoms with van der Waals surface area (Å²) in [6.07, 6.45) is 1.61. The summed E-state index contributed by atoms with van der Waals surface area (Å²) < 4.78 is 6.48. The second-order valence-corrected chi connectivity index (χ2v) is 8.67. The van der Waals surface area contributed by atoms with E-state index in [1.54, 1.807) is 6.33 Å². The first-order chi connectivity index (χ1) is 15.0. The number of nitrogens with zero attached hydrogens (tertiary/aromatic N) is 3. The van der Waals surface area contributed by atoms with Crippen LogP contribution in [0.25, 0.3) is 44.3 Å². The van der Waals surface area contributed by atoms with E-state index in [1.165, 1.54) is 0 Å². The van der Waals surface area contributed by atoms with E-state index in [4.69, 9.17) is 4.42 Å². The topological polar surface area (TPSA) is 62.7 Å². The van der Waals surface area contributed by atoms with Gasteiger partial charge in [-0.15, -0.1) is 0 Å². The Bertz CT molecular complexity index is 1470. The lowest BCUT2D eigenvalue weighted by Gasteiger charge is -2.17. The smallest absolute Gasteiger partial charge is 0.144 e. The highest BCUT2D eigenvalue weighted by Crippen LogP contribution is 2.41. The maximum Gasteiger partial charge on any atom is 0.144 e. The quantitative estimate of drug-likeness (QED) is 0.322. The van der Waals surface area contributed by atoms with Crippen molar-refractivity contribution in [1.82, 2.24) is 9.97 Å². The number of fused-ring (bicyclic) bond motifs is 3. The molecule has 2 heterocycles. The highest BCUT2D eigenvalue weighted by molar-refractivity contribution is 6.13. The van der Waals surface area contributed by atoms with E-state index in [-0.39, 0.29) is 5.41 Å². The summed E-state index contributed by atoms with van der Waals surface area (Å²) in [6, 6.07) is 24.2. The highest BCUT2D eigenvalue weighted by Gasteiger charge is 2.20. The fourth-order valence-electron chi connectivity index (χ4n) is 3.96. The predicted octanol–water partition coefficient (Wildman–Crippen LogP) is 6.88. The van der Waals surface area contributed by atoms with Crippen LogP contribution in [-0.2, 0) is 5.41 Å². The summed E-state index contributed by atoms with van der Waals surface area (Å²) in [4.78, 5) is 8.99. The lowest BCUT2D eigenvalue weighted by atomic mass is 9.91. The van der Waals surface area contributed by atoms with Crippen molar-refractivity contribution in [2.75, 3.05) is 0 Å². The van der Waals surface area contributed by atoms with Crippen molar-refractivity contribution in [2.45, 2.75) is 26.2 Å². The molecule has 0 unspecified atom stereocenters. The lowest BCUT2D eigenvalue weighted by molar-refractivity contribution is 0.567. The van der Waals surface area contributed by atoms with Gasteiger partial charge in [-0.05, 0) is 29.8 Å². The Balaban J connectivity index is 1.83. The second kappa shape index (κ2) is 7.07. The summed E-state index contributed by atoms with van der Waals surface area (Å²) in [6.45, 7) is 6.41. The molecule has 3 aromatic carbocycles. The molecular formula is C27H21N3O. The van der Waals surface area contributed by atoms with Gasteiger partial charge in [0.1, 0.15) is 17.5 Å².